The fourth-order valence-electron chi connectivity index (χ4n) is 14.3. The maximum atomic E-state index is 15.8. The molecular formula is C88H126O10S. The zero-order chi connectivity index (χ0) is 74.2. The summed E-state index contributed by atoms with van der Waals surface area (Å²) in [7, 11) is 0. The van der Waals surface area contributed by atoms with Gasteiger partial charge in [0.15, 0.2) is 0 Å². The highest BCUT2D eigenvalue weighted by Crippen LogP contribution is 2.48. The molecule has 0 saturated carbocycles. The van der Waals surface area contributed by atoms with Crippen molar-refractivity contribution in [1.29, 1.82) is 0 Å². The molecule has 6 N–H and O–H groups in total. The van der Waals surface area contributed by atoms with E-state index in [9.17, 15) is 30.6 Å². The van der Waals surface area contributed by atoms with Gasteiger partial charge < -0.3 is 40.1 Å². The molecule has 6 aromatic carbocycles. The quantitative estimate of drug-likeness (QED) is 0.0195. The van der Waals surface area contributed by atoms with Crippen molar-refractivity contribution in [3.63, 3.8) is 0 Å². The third kappa shape index (κ3) is 21.3. The highest BCUT2D eigenvalue weighted by Gasteiger charge is 2.40. The van der Waals surface area contributed by atoms with Crippen molar-refractivity contribution in [1.82, 2.24) is 0 Å². The second-order valence-corrected chi connectivity index (χ2v) is 36.8. The number of hydrogen-bond acceptors (Lipinski definition) is 11. The number of aryl methyl sites for hydroxylation is 2. The van der Waals surface area contributed by atoms with Crippen LogP contribution < -0.4 is 0 Å². The first-order chi connectivity index (χ1) is 45.7. The molecule has 0 radical (unpaired) electrons. The normalized spacial score (nSPS) is 13.6. The Kier molecular flexibility index (Phi) is 26.8. The van der Waals surface area contributed by atoms with Gasteiger partial charge in [0, 0.05) is 22.0 Å². The van der Waals surface area contributed by atoms with Crippen molar-refractivity contribution in [2.45, 2.75) is 310 Å². The van der Waals surface area contributed by atoms with Crippen molar-refractivity contribution >= 4 is 23.7 Å². The molecular weight excluding hydrogens is 1250 g/mol. The lowest BCUT2D eigenvalue weighted by atomic mass is 9.70. The summed E-state index contributed by atoms with van der Waals surface area (Å²) < 4.78 is 13.6. The molecule has 0 aliphatic carbocycles. The number of thioether (sulfide) groups is 1. The van der Waals surface area contributed by atoms with E-state index in [4.69, 9.17) is 9.47 Å². The van der Waals surface area contributed by atoms with E-state index in [2.05, 4.69) is 74.4 Å². The van der Waals surface area contributed by atoms with Crippen LogP contribution in [0.4, 0.5) is 0 Å². The molecule has 0 amide bonds. The van der Waals surface area contributed by atoms with Crippen molar-refractivity contribution in [3.05, 3.63) is 175 Å². The summed E-state index contributed by atoms with van der Waals surface area (Å²) in [5, 5.41) is 68.6. The van der Waals surface area contributed by atoms with E-state index >= 15 is 9.59 Å². The first-order valence-corrected chi connectivity index (χ1v) is 37.8. The second-order valence-electron chi connectivity index (χ2n) is 35.4. The van der Waals surface area contributed by atoms with Gasteiger partial charge in [0.05, 0.1) is 12.8 Å². The maximum absolute atomic E-state index is 15.8. The van der Waals surface area contributed by atoms with E-state index in [1.165, 1.54) is 44.9 Å². The van der Waals surface area contributed by atoms with Gasteiger partial charge >= 0.3 is 11.9 Å². The lowest BCUT2D eigenvalue weighted by Gasteiger charge is -2.35. The molecule has 6 aromatic rings. The topological polar surface area (TPSA) is 174 Å². The Bertz CT molecular complexity index is 3520. The lowest BCUT2D eigenvalue weighted by Crippen LogP contribution is -2.35. The molecule has 0 bridgehead atoms. The molecule has 99 heavy (non-hydrogen) atoms. The van der Waals surface area contributed by atoms with E-state index in [-0.39, 0.29) is 65.1 Å². The monoisotopic (exact) mass is 1370 g/mol. The number of benzene rings is 6. The zero-order valence-corrected chi connectivity index (χ0v) is 65.8. The van der Waals surface area contributed by atoms with Gasteiger partial charge in [-0.05, 0) is 186 Å². The van der Waals surface area contributed by atoms with Gasteiger partial charge in [0.1, 0.15) is 47.2 Å². The smallest absolute Gasteiger partial charge is 0.307 e. The molecule has 0 saturated heterocycles. The molecule has 0 aliphatic rings. The Balaban J connectivity index is 1.55. The molecule has 0 fully saturated rings. The first-order valence-electron chi connectivity index (χ1n) is 36.7. The minimum Gasteiger partial charge on any atom is -0.508 e. The van der Waals surface area contributed by atoms with Crippen molar-refractivity contribution in [2.75, 3.05) is 12.4 Å². The Morgan fingerprint density at radius 3 is 1.01 bits per heavy atom. The average molecular weight is 1380 g/mol. The third-order valence-corrected chi connectivity index (χ3v) is 21.9. The summed E-state index contributed by atoms with van der Waals surface area (Å²) in [6, 6.07) is 30.2. The Morgan fingerprint density at radius 1 is 0.384 bits per heavy atom. The fraction of sp³-hybridized carbons (Fsp3) is 0.568. The summed E-state index contributed by atoms with van der Waals surface area (Å²) in [4.78, 5) is 31.2. The summed E-state index contributed by atoms with van der Waals surface area (Å²) in [5.74, 6) is 0.529. The predicted octanol–water partition coefficient (Wildman–Crippen LogP) is 22.5. The van der Waals surface area contributed by atoms with Crippen LogP contribution in [0.5, 0.6) is 34.5 Å². The number of carbonyl (C=O) groups excluding carboxylic acids is 2. The van der Waals surface area contributed by atoms with Crippen molar-refractivity contribution < 1.29 is 49.7 Å². The van der Waals surface area contributed by atoms with Gasteiger partial charge in [-0.1, -0.05) is 264 Å². The number of unbranched alkanes of at least 4 members (excludes halogenated alkanes) is 9. The van der Waals surface area contributed by atoms with Crippen LogP contribution in [0.2, 0.25) is 0 Å². The lowest BCUT2D eigenvalue weighted by molar-refractivity contribution is -0.160. The van der Waals surface area contributed by atoms with Gasteiger partial charge in [-0.25, -0.2) is 0 Å². The Hall–Kier alpha value is -6.59. The summed E-state index contributed by atoms with van der Waals surface area (Å²) >= 11 is 1.86. The van der Waals surface area contributed by atoms with E-state index in [0.717, 1.165) is 80.6 Å². The number of rotatable bonds is 29. The number of hydrogen-bond donors (Lipinski definition) is 6. The number of carbonyl (C=O) groups is 2. The highest BCUT2D eigenvalue weighted by atomic mass is 32.2. The van der Waals surface area contributed by atoms with Crippen LogP contribution in [0.25, 0.3) is 0 Å². The molecule has 2 atom stereocenters. The summed E-state index contributed by atoms with van der Waals surface area (Å²) in [6.07, 6.45) is 11.5. The van der Waals surface area contributed by atoms with E-state index < -0.39 is 61.4 Å². The minimum atomic E-state index is -1.08. The number of aromatic hydroxyl groups is 6. The Morgan fingerprint density at radius 2 is 0.687 bits per heavy atom. The van der Waals surface area contributed by atoms with Crippen LogP contribution in [0.1, 0.15) is 319 Å². The van der Waals surface area contributed by atoms with Crippen LogP contribution in [-0.2, 0) is 62.4 Å². The first kappa shape index (κ1) is 81.4. The molecule has 6 rings (SSSR count). The van der Waals surface area contributed by atoms with Crippen LogP contribution in [0.15, 0.2) is 97.1 Å². The predicted molar refractivity (Wildman–Crippen MR) is 412 cm³/mol. The molecule has 0 aromatic heterocycles. The van der Waals surface area contributed by atoms with Gasteiger partial charge in [-0.15, -0.1) is 0 Å². The van der Waals surface area contributed by atoms with Crippen LogP contribution in [-0.4, -0.2) is 66.3 Å². The largest absolute Gasteiger partial charge is 0.508 e. The van der Waals surface area contributed by atoms with E-state index in [1.54, 1.807) is 24.3 Å². The van der Waals surface area contributed by atoms with E-state index in [1.807, 2.05) is 169 Å². The third-order valence-electron chi connectivity index (χ3n) is 20.5. The SMILES string of the molecule is CCCCCCCCCCCCSC(CC(COC(=O)CC(C)(c1ccc(O)c(C(C)(C)C)c1)c1ccc(O)c(C(C)(C)C)c1)OC(=O)CC(C)(c1ccc(O)c(C(C)(C)C)c1)c1ccc(O)c(C(C)(C)C)c1)CC(c1cc(C(C)(C)C)c(O)cc1C)c1cc(C(C)(C)C)c(O)cc1C. The average Bonchev–Trinajstić information content (AvgIpc) is 0.773. The number of esters is 2. The molecule has 544 valence electrons. The Labute approximate surface area is 601 Å². The summed E-state index contributed by atoms with van der Waals surface area (Å²) in [5.41, 5.74) is 6.72. The zero-order valence-electron chi connectivity index (χ0n) is 65.0. The van der Waals surface area contributed by atoms with Crippen molar-refractivity contribution in [3.8, 4) is 34.5 Å². The van der Waals surface area contributed by atoms with Gasteiger partial charge in [0.25, 0.3) is 0 Å². The molecule has 0 aliphatic heterocycles. The standard InChI is InChI=1S/C88H126O10S/c1-24-25-26-27-28-29-30-31-32-33-42-99-63(50-66(64-51-71(85(16,17)18)77(93)43-56(64)2)65-52-72(86(19,20)21)78(94)44-57(65)3)49-62(98-80(96)54-88(23,60-36-40-75(91)69(47-60)83(10,11)12)61-37-41-76(92)70(48-61)84(13,14)15)55-97-79(95)53-87(22,58-34-38-73(89)67(45-58)81(4,5)6)59-35-39-74(90)68(46-59)82(7,8)9/h34-41,43-48,51-52,62-63,66,89-94H,24-33,42,49-50,53-55H2,1-23H3. The maximum Gasteiger partial charge on any atom is 0.307 e. The molecule has 10 nitrogen and oxygen atoms in total. The van der Waals surface area contributed by atoms with Crippen LogP contribution >= 0.6 is 11.8 Å². The second kappa shape index (κ2) is 32.6. The molecule has 2 unspecified atom stereocenters. The number of phenolic OH excluding ortho intramolecular Hbond substituents is 6. The molecule has 11 heteroatoms. The van der Waals surface area contributed by atoms with Crippen LogP contribution in [0.3, 0.4) is 0 Å². The van der Waals surface area contributed by atoms with Crippen molar-refractivity contribution in [2.24, 2.45) is 0 Å². The molecule has 0 heterocycles. The molecule has 0 spiro atoms. The van der Waals surface area contributed by atoms with Crippen LogP contribution in [0, 0.1) is 13.8 Å². The van der Waals surface area contributed by atoms with E-state index in [0.29, 0.717) is 35.1 Å². The summed E-state index contributed by atoms with van der Waals surface area (Å²) in [6.45, 7) is 47.2. The fourth-order valence-corrected chi connectivity index (χ4v) is 15.7. The number of ether oxygens (including phenoxy) is 2. The minimum absolute atomic E-state index is 0.143. The van der Waals surface area contributed by atoms with Gasteiger partial charge in [-0.2, -0.15) is 11.8 Å². The number of phenols is 6. The van der Waals surface area contributed by atoms with Gasteiger partial charge in [0.2, 0.25) is 0 Å². The van der Waals surface area contributed by atoms with Gasteiger partial charge in [-0.3, -0.25) is 9.59 Å². The highest BCUT2D eigenvalue weighted by molar-refractivity contribution is 7.99.